The monoisotopic (exact) mass is 285 g/mol. The summed E-state index contributed by atoms with van der Waals surface area (Å²) in [6.07, 6.45) is 6.30. The van der Waals surface area contributed by atoms with Crippen LogP contribution < -0.4 is 5.32 Å². The van der Waals surface area contributed by atoms with E-state index in [4.69, 9.17) is 0 Å². The van der Waals surface area contributed by atoms with Gasteiger partial charge in [-0.05, 0) is 48.4 Å². The maximum atomic E-state index is 3.84. The fourth-order valence-corrected chi connectivity index (χ4v) is 4.24. The molecular formula is C18H23NS. The van der Waals surface area contributed by atoms with Crippen LogP contribution in [0.5, 0.6) is 0 Å². The van der Waals surface area contributed by atoms with E-state index in [0.29, 0.717) is 12.1 Å². The second-order valence-corrected chi connectivity index (χ2v) is 6.88. The summed E-state index contributed by atoms with van der Waals surface area (Å²) >= 11 is 2.02. The normalized spacial score (nSPS) is 24.1. The maximum Gasteiger partial charge on any atom is 0.0295 e. The number of rotatable bonds is 4. The minimum Gasteiger partial charge on any atom is -0.306 e. The van der Waals surface area contributed by atoms with Gasteiger partial charge in [-0.25, -0.2) is 0 Å². The van der Waals surface area contributed by atoms with Crippen molar-refractivity contribution in [1.29, 1.82) is 0 Å². The fraction of sp³-hybridized carbons (Fsp3) is 0.444. The molecule has 1 nitrogen and oxygen atoms in total. The van der Waals surface area contributed by atoms with Gasteiger partial charge in [0.1, 0.15) is 0 Å². The van der Waals surface area contributed by atoms with E-state index in [9.17, 15) is 0 Å². The molecule has 1 aliphatic rings. The van der Waals surface area contributed by atoms with Crippen molar-refractivity contribution in [2.45, 2.75) is 43.5 Å². The summed E-state index contributed by atoms with van der Waals surface area (Å²) in [6, 6.07) is 16.5. The Morgan fingerprint density at radius 2 is 1.90 bits per heavy atom. The molecule has 3 unspecified atom stereocenters. The third-order valence-electron chi connectivity index (χ3n) is 4.49. The molecule has 2 aromatic carbocycles. The number of hydrogen-bond acceptors (Lipinski definition) is 2. The average molecular weight is 285 g/mol. The third kappa shape index (κ3) is 2.87. The van der Waals surface area contributed by atoms with E-state index in [1.165, 1.54) is 35.6 Å². The van der Waals surface area contributed by atoms with Gasteiger partial charge in [0.25, 0.3) is 0 Å². The minimum absolute atomic E-state index is 0.428. The number of benzene rings is 2. The van der Waals surface area contributed by atoms with E-state index >= 15 is 0 Å². The Hall–Kier alpha value is -0.990. The average Bonchev–Trinajstić information content (AvgIpc) is 2.94. The smallest absolute Gasteiger partial charge is 0.0295 e. The molecule has 2 heteroatoms. The molecule has 2 aromatic rings. The standard InChI is InChI=1S/C18H23NS/c1-13(19-17-8-5-9-18(17)20-2)15-11-10-14-6-3-4-7-16(14)12-15/h3-4,6-7,10-13,17-19H,5,8-9H2,1-2H3. The van der Waals surface area contributed by atoms with Gasteiger partial charge in [0.15, 0.2) is 0 Å². The summed E-state index contributed by atoms with van der Waals surface area (Å²) in [7, 11) is 0. The van der Waals surface area contributed by atoms with Crippen molar-refractivity contribution in [2.24, 2.45) is 0 Å². The summed E-state index contributed by atoms with van der Waals surface area (Å²) in [4.78, 5) is 0. The lowest BCUT2D eigenvalue weighted by Crippen LogP contribution is -2.35. The van der Waals surface area contributed by atoms with Crippen molar-refractivity contribution in [3.63, 3.8) is 0 Å². The summed E-state index contributed by atoms with van der Waals surface area (Å²) in [5, 5.41) is 7.29. The van der Waals surface area contributed by atoms with Gasteiger partial charge in [-0.3, -0.25) is 0 Å². The largest absolute Gasteiger partial charge is 0.306 e. The van der Waals surface area contributed by atoms with Crippen LogP contribution in [-0.4, -0.2) is 17.5 Å². The molecule has 0 saturated heterocycles. The third-order valence-corrected chi connectivity index (χ3v) is 5.66. The fourth-order valence-electron chi connectivity index (χ4n) is 3.29. The molecule has 1 fully saturated rings. The van der Waals surface area contributed by atoms with Crippen LogP contribution >= 0.6 is 11.8 Å². The molecule has 20 heavy (non-hydrogen) atoms. The molecule has 1 aliphatic carbocycles. The summed E-state index contributed by atoms with van der Waals surface area (Å²) in [5.41, 5.74) is 1.40. The molecule has 106 valence electrons. The van der Waals surface area contributed by atoms with E-state index in [2.05, 4.69) is 61.0 Å². The highest BCUT2D eigenvalue weighted by molar-refractivity contribution is 7.99. The molecule has 1 saturated carbocycles. The molecule has 0 bridgehead atoms. The molecule has 3 atom stereocenters. The molecule has 0 spiro atoms. The van der Waals surface area contributed by atoms with E-state index in [-0.39, 0.29) is 0 Å². The quantitative estimate of drug-likeness (QED) is 0.868. The van der Waals surface area contributed by atoms with Gasteiger partial charge in [0, 0.05) is 17.3 Å². The zero-order valence-corrected chi connectivity index (χ0v) is 13.1. The van der Waals surface area contributed by atoms with Gasteiger partial charge in [-0.15, -0.1) is 0 Å². The molecule has 0 aliphatic heterocycles. The highest BCUT2D eigenvalue weighted by Crippen LogP contribution is 2.30. The Labute approximate surface area is 126 Å². The topological polar surface area (TPSA) is 12.0 Å². The second-order valence-electron chi connectivity index (χ2n) is 5.81. The summed E-state index contributed by atoms with van der Waals surface area (Å²) < 4.78 is 0. The Morgan fingerprint density at radius 1 is 1.10 bits per heavy atom. The Morgan fingerprint density at radius 3 is 2.70 bits per heavy atom. The number of hydrogen-bond donors (Lipinski definition) is 1. The van der Waals surface area contributed by atoms with Crippen LogP contribution in [0, 0.1) is 0 Å². The van der Waals surface area contributed by atoms with Crippen LogP contribution in [0.2, 0.25) is 0 Å². The molecule has 0 aromatic heterocycles. The predicted molar refractivity (Wildman–Crippen MR) is 90.4 cm³/mol. The molecule has 0 radical (unpaired) electrons. The van der Waals surface area contributed by atoms with E-state index in [1.807, 2.05) is 11.8 Å². The van der Waals surface area contributed by atoms with Gasteiger partial charge in [-0.2, -0.15) is 11.8 Å². The lowest BCUT2D eigenvalue weighted by atomic mass is 10.0. The Kier molecular flexibility index (Phi) is 4.32. The number of nitrogens with one attached hydrogen (secondary N) is 1. The van der Waals surface area contributed by atoms with Gasteiger partial charge < -0.3 is 5.32 Å². The van der Waals surface area contributed by atoms with Crippen LogP contribution in [0.4, 0.5) is 0 Å². The van der Waals surface area contributed by atoms with Crippen LogP contribution in [0.1, 0.15) is 37.8 Å². The van der Waals surface area contributed by atoms with Gasteiger partial charge >= 0.3 is 0 Å². The van der Waals surface area contributed by atoms with Crippen LogP contribution in [-0.2, 0) is 0 Å². The van der Waals surface area contributed by atoms with Crippen molar-refractivity contribution in [3.05, 3.63) is 48.0 Å². The Bertz CT molecular complexity index is 580. The molecular weight excluding hydrogens is 262 g/mol. The molecule has 1 N–H and O–H groups in total. The predicted octanol–water partition coefficient (Wildman–Crippen LogP) is 4.77. The number of thioether (sulfide) groups is 1. The zero-order valence-electron chi connectivity index (χ0n) is 12.3. The van der Waals surface area contributed by atoms with Gasteiger partial charge in [0.05, 0.1) is 0 Å². The van der Waals surface area contributed by atoms with Crippen LogP contribution in [0.3, 0.4) is 0 Å². The van der Waals surface area contributed by atoms with Crippen molar-refractivity contribution in [1.82, 2.24) is 5.32 Å². The SMILES string of the molecule is CSC1CCCC1NC(C)c1ccc2ccccc2c1. The molecule has 3 rings (SSSR count). The van der Waals surface area contributed by atoms with Crippen molar-refractivity contribution in [3.8, 4) is 0 Å². The van der Waals surface area contributed by atoms with E-state index in [0.717, 1.165) is 5.25 Å². The van der Waals surface area contributed by atoms with Gasteiger partial charge in [-0.1, -0.05) is 42.8 Å². The molecule has 0 amide bonds. The first-order valence-electron chi connectivity index (χ1n) is 7.55. The first-order valence-corrected chi connectivity index (χ1v) is 8.84. The highest BCUT2D eigenvalue weighted by atomic mass is 32.2. The highest BCUT2D eigenvalue weighted by Gasteiger charge is 2.27. The van der Waals surface area contributed by atoms with Crippen molar-refractivity contribution >= 4 is 22.5 Å². The van der Waals surface area contributed by atoms with Crippen LogP contribution in [0.25, 0.3) is 10.8 Å². The summed E-state index contributed by atoms with van der Waals surface area (Å²) in [6.45, 7) is 2.29. The van der Waals surface area contributed by atoms with E-state index < -0.39 is 0 Å². The van der Waals surface area contributed by atoms with E-state index in [1.54, 1.807) is 0 Å². The minimum atomic E-state index is 0.428. The Balaban J connectivity index is 1.76. The lowest BCUT2D eigenvalue weighted by Gasteiger charge is -2.24. The molecule has 0 heterocycles. The zero-order chi connectivity index (χ0) is 13.9. The van der Waals surface area contributed by atoms with Gasteiger partial charge in [0.2, 0.25) is 0 Å². The lowest BCUT2D eigenvalue weighted by molar-refractivity contribution is 0.468. The second kappa shape index (κ2) is 6.19. The summed E-state index contributed by atoms with van der Waals surface area (Å²) in [5.74, 6) is 0. The number of fused-ring (bicyclic) bond motifs is 1. The van der Waals surface area contributed by atoms with Crippen LogP contribution in [0.15, 0.2) is 42.5 Å². The van der Waals surface area contributed by atoms with Crippen molar-refractivity contribution < 1.29 is 0 Å². The van der Waals surface area contributed by atoms with Crippen molar-refractivity contribution in [2.75, 3.05) is 6.26 Å². The maximum absolute atomic E-state index is 3.84. The first-order chi connectivity index (χ1) is 9.78. The first kappa shape index (κ1) is 14.0.